The number of aromatic hydroxyl groups is 1. The Bertz CT molecular complexity index is 2020. The molecule has 4 fully saturated rings. The molecule has 0 saturated carbocycles. The number of likely N-dealkylation sites (tertiary alicyclic amines) is 1. The lowest BCUT2D eigenvalue weighted by Crippen LogP contribution is -2.58. The third-order valence-corrected chi connectivity index (χ3v) is 12.9. The third-order valence-electron chi connectivity index (χ3n) is 12.9. The quantitative estimate of drug-likeness (QED) is 0.304. The van der Waals surface area contributed by atoms with Crippen LogP contribution in [0.3, 0.4) is 0 Å². The highest BCUT2D eigenvalue weighted by atomic mass is 16.3. The van der Waals surface area contributed by atoms with Crippen molar-refractivity contribution in [3.63, 3.8) is 0 Å². The molecule has 7 heterocycles. The van der Waals surface area contributed by atoms with E-state index in [9.17, 15) is 24.3 Å². The molecule has 0 radical (unpaired) electrons. The van der Waals surface area contributed by atoms with E-state index < -0.39 is 23.8 Å². The Hall–Kier alpha value is -5.08. The standard InChI is InChI=1S/C41H49N9O5/c1-25-18-27(22-46-16-17-49-29(24-46)21-42-38-35(49)20-33(44-45-38)31-4-2-3-5-36(31)51)12-15-48(25)23-26-10-13-47(14-11-26)28-6-7-30-32(19-28)41(55)50(40(30)54)34-8-9-37(52)43-39(34)53/h2-7,19-20,25-27,29,34,51H,8-18,21-24H2,1H3,(H,42,45)(H,43,52,53)/t25?,27?,29-,34?/m0/s1. The van der Waals surface area contributed by atoms with Gasteiger partial charge in [0.15, 0.2) is 5.82 Å². The summed E-state index contributed by atoms with van der Waals surface area (Å²) in [5, 5.41) is 25.0. The van der Waals surface area contributed by atoms with Crippen LogP contribution in [0.2, 0.25) is 0 Å². The van der Waals surface area contributed by atoms with Gasteiger partial charge in [-0.05, 0) is 93.8 Å². The van der Waals surface area contributed by atoms with Crippen molar-refractivity contribution >= 4 is 40.8 Å². The molecule has 9 rings (SSSR count). The van der Waals surface area contributed by atoms with Crippen LogP contribution in [-0.2, 0) is 9.59 Å². The second-order valence-electron chi connectivity index (χ2n) is 16.3. The number of amides is 4. The zero-order chi connectivity index (χ0) is 37.8. The first-order valence-corrected chi connectivity index (χ1v) is 19.9. The minimum absolute atomic E-state index is 0.107. The van der Waals surface area contributed by atoms with Crippen molar-refractivity contribution in [3.8, 4) is 17.0 Å². The van der Waals surface area contributed by atoms with Gasteiger partial charge < -0.3 is 25.1 Å². The zero-order valence-electron chi connectivity index (χ0n) is 31.3. The van der Waals surface area contributed by atoms with E-state index in [0.717, 1.165) is 93.8 Å². The fraction of sp³-hybridized carbons (Fsp3) is 0.512. The van der Waals surface area contributed by atoms with Crippen molar-refractivity contribution in [2.24, 2.45) is 11.8 Å². The van der Waals surface area contributed by atoms with E-state index >= 15 is 0 Å². The minimum Gasteiger partial charge on any atom is -0.507 e. The molecule has 0 aliphatic carbocycles. The molecule has 4 atom stereocenters. The van der Waals surface area contributed by atoms with Crippen LogP contribution in [0.1, 0.15) is 66.2 Å². The number of phenols is 1. The van der Waals surface area contributed by atoms with Gasteiger partial charge in [-0.25, -0.2) is 0 Å². The Labute approximate surface area is 320 Å². The smallest absolute Gasteiger partial charge is 0.262 e. The van der Waals surface area contributed by atoms with E-state index in [2.05, 4.69) is 53.4 Å². The molecule has 4 amide bonds. The Balaban J connectivity index is 0.746. The molecular formula is C41H49N9O5. The van der Waals surface area contributed by atoms with Gasteiger partial charge in [-0.3, -0.25) is 34.3 Å². The lowest BCUT2D eigenvalue weighted by Gasteiger charge is -2.47. The van der Waals surface area contributed by atoms with Crippen LogP contribution < -0.4 is 20.4 Å². The van der Waals surface area contributed by atoms with Gasteiger partial charge in [-0.2, -0.15) is 0 Å². The van der Waals surface area contributed by atoms with E-state index in [1.165, 1.54) is 12.8 Å². The number of benzene rings is 2. The fourth-order valence-corrected chi connectivity index (χ4v) is 9.82. The molecule has 3 aromatic rings. The summed E-state index contributed by atoms with van der Waals surface area (Å²) >= 11 is 0. The predicted molar refractivity (Wildman–Crippen MR) is 207 cm³/mol. The van der Waals surface area contributed by atoms with E-state index in [1.807, 2.05) is 24.3 Å². The molecule has 0 bridgehead atoms. The topological polar surface area (TPSA) is 155 Å². The first kappa shape index (κ1) is 35.6. The van der Waals surface area contributed by atoms with Gasteiger partial charge in [0.25, 0.3) is 11.8 Å². The number of nitrogens with zero attached hydrogens (tertiary/aromatic N) is 7. The van der Waals surface area contributed by atoms with Gasteiger partial charge in [-0.15, -0.1) is 10.2 Å². The normalized spacial score (nSPS) is 26.4. The van der Waals surface area contributed by atoms with E-state index in [-0.39, 0.29) is 24.5 Å². The minimum atomic E-state index is -0.954. The summed E-state index contributed by atoms with van der Waals surface area (Å²) < 4.78 is 0. The fourth-order valence-electron chi connectivity index (χ4n) is 9.82. The first-order chi connectivity index (χ1) is 26.7. The number of piperidine rings is 3. The highest BCUT2D eigenvalue weighted by Crippen LogP contribution is 2.37. The second kappa shape index (κ2) is 14.5. The highest BCUT2D eigenvalue weighted by Gasteiger charge is 2.45. The Kier molecular flexibility index (Phi) is 9.41. The third kappa shape index (κ3) is 6.79. The summed E-state index contributed by atoms with van der Waals surface area (Å²) in [7, 11) is 0. The van der Waals surface area contributed by atoms with Gasteiger partial charge >= 0.3 is 0 Å². The summed E-state index contributed by atoms with van der Waals surface area (Å²) in [6.45, 7) is 11.4. The number of hydrogen-bond acceptors (Lipinski definition) is 12. The maximum absolute atomic E-state index is 13.4. The molecule has 0 spiro atoms. The molecule has 2 aromatic carbocycles. The molecule has 4 saturated heterocycles. The van der Waals surface area contributed by atoms with E-state index in [0.29, 0.717) is 46.3 Å². The molecule has 1 aromatic heterocycles. The van der Waals surface area contributed by atoms with Crippen LogP contribution in [0.15, 0.2) is 48.5 Å². The summed E-state index contributed by atoms with van der Waals surface area (Å²) in [5.41, 5.74) is 4.03. The van der Waals surface area contributed by atoms with E-state index in [1.54, 1.807) is 18.2 Å². The number of aromatic nitrogens is 2. The molecule has 14 heteroatoms. The Morgan fingerprint density at radius 1 is 0.818 bits per heavy atom. The largest absolute Gasteiger partial charge is 0.507 e. The van der Waals surface area contributed by atoms with Crippen molar-refractivity contribution < 1.29 is 24.3 Å². The molecular weight excluding hydrogens is 699 g/mol. The van der Waals surface area contributed by atoms with Crippen LogP contribution in [0, 0.1) is 11.8 Å². The summed E-state index contributed by atoms with van der Waals surface area (Å²) in [4.78, 5) is 61.8. The van der Waals surface area contributed by atoms with Crippen LogP contribution in [0.5, 0.6) is 5.75 Å². The number of hydrogen-bond donors (Lipinski definition) is 3. The van der Waals surface area contributed by atoms with Gasteiger partial charge in [0.1, 0.15) is 11.8 Å². The van der Waals surface area contributed by atoms with Crippen molar-refractivity contribution in [1.82, 2.24) is 30.2 Å². The first-order valence-electron chi connectivity index (χ1n) is 19.9. The average Bonchev–Trinajstić information content (AvgIpc) is 3.44. The number of anilines is 3. The van der Waals surface area contributed by atoms with Gasteiger partial charge in [0, 0.05) is 76.1 Å². The zero-order valence-corrected chi connectivity index (χ0v) is 31.3. The van der Waals surface area contributed by atoms with Crippen molar-refractivity contribution in [2.45, 2.75) is 63.6 Å². The summed E-state index contributed by atoms with van der Waals surface area (Å²) in [6.07, 6.45) is 4.83. The van der Waals surface area contributed by atoms with Crippen molar-refractivity contribution in [3.05, 3.63) is 59.7 Å². The monoisotopic (exact) mass is 747 g/mol. The van der Waals surface area contributed by atoms with Crippen molar-refractivity contribution in [2.75, 3.05) is 74.0 Å². The number of fused-ring (bicyclic) bond motifs is 4. The molecule has 55 heavy (non-hydrogen) atoms. The van der Waals surface area contributed by atoms with E-state index in [4.69, 9.17) is 0 Å². The van der Waals surface area contributed by atoms with Gasteiger partial charge in [0.2, 0.25) is 11.8 Å². The Morgan fingerprint density at radius 3 is 2.42 bits per heavy atom. The van der Waals surface area contributed by atoms with Crippen LogP contribution >= 0.6 is 0 Å². The number of imide groups is 2. The number of piperazine rings is 1. The lowest BCUT2D eigenvalue weighted by molar-refractivity contribution is -0.136. The summed E-state index contributed by atoms with van der Waals surface area (Å²) in [6, 6.07) is 14.7. The average molecular weight is 748 g/mol. The SMILES string of the molecule is CC1CC(CN2CCN3c4cc(-c5ccccc5O)nnc4NC[C@H]3C2)CCN1CC1CCN(c2ccc3c(c2)C(=O)N(C2CCC(=O)NC2=O)C3=O)CC1. The second-order valence-corrected chi connectivity index (χ2v) is 16.3. The molecule has 3 N–H and O–H groups in total. The number of carbonyl (C=O) groups is 4. The Morgan fingerprint density at radius 2 is 1.62 bits per heavy atom. The molecule has 6 aliphatic heterocycles. The number of para-hydroxylation sites is 1. The van der Waals surface area contributed by atoms with Gasteiger partial charge in [0.05, 0.1) is 28.6 Å². The molecule has 6 aliphatic rings. The molecule has 288 valence electrons. The van der Waals surface area contributed by atoms with Crippen LogP contribution in [0.25, 0.3) is 11.3 Å². The maximum atomic E-state index is 13.4. The predicted octanol–water partition coefficient (Wildman–Crippen LogP) is 3.18. The number of rotatable bonds is 7. The summed E-state index contributed by atoms with van der Waals surface area (Å²) in [5.74, 6) is 0.423. The molecule has 3 unspecified atom stereocenters. The molecule has 14 nitrogen and oxygen atoms in total. The number of nitrogens with one attached hydrogen (secondary N) is 2. The lowest BCUT2D eigenvalue weighted by atomic mass is 9.88. The maximum Gasteiger partial charge on any atom is 0.262 e. The number of phenolic OH excluding ortho intramolecular Hbond substituents is 1. The van der Waals surface area contributed by atoms with Crippen LogP contribution in [-0.4, -0.2) is 131 Å². The number of carbonyl (C=O) groups excluding carboxylic acids is 4. The van der Waals surface area contributed by atoms with Gasteiger partial charge in [-0.1, -0.05) is 12.1 Å². The van der Waals surface area contributed by atoms with Crippen molar-refractivity contribution in [1.29, 1.82) is 0 Å². The van der Waals surface area contributed by atoms with Crippen LogP contribution in [0.4, 0.5) is 17.2 Å². The highest BCUT2D eigenvalue weighted by molar-refractivity contribution is 6.23.